The van der Waals surface area contributed by atoms with Crippen molar-refractivity contribution in [2.45, 2.75) is 12.5 Å². The van der Waals surface area contributed by atoms with E-state index in [4.69, 9.17) is 5.73 Å². The van der Waals surface area contributed by atoms with Gasteiger partial charge in [-0.3, -0.25) is 10.1 Å². The van der Waals surface area contributed by atoms with E-state index in [2.05, 4.69) is 5.32 Å². The average molecular weight is 237 g/mol. The zero-order chi connectivity index (χ0) is 12.8. The van der Waals surface area contributed by atoms with Gasteiger partial charge in [0.1, 0.15) is 6.29 Å². The van der Waals surface area contributed by atoms with Gasteiger partial charge in [0.05, 0.1) is 16.5 Å². The highest BCUT2D eigenvalue weighted by molar-refractivity contribution is 5.73. The number of urea groups is 1. The molecule has 0 aliphatic rings. The van der Waals surface area contributed by atoms with E-state index in [-0.39, 0.29) is 17.7 Å². The molecule has 0 saturated heterocycles. The fourth-order valence-electron chi connectivity index (χ4n) is 1.48. The number of rotatable bonds is 5. The molecule has 1 aromatic rings. The normalized spacial score (nSPS) is 11.5. The van der Waals surface area contributed by atoms with E-state index >= 15 is 0 Å². The molecule has 1 unspecified atom stereocenters. The quantitative estimate of drug-likeness (QED) is 0.449. The molecule has 1 rings (SSSR count). The lowest BCUT2D eigenvalue weighted by Gasteiger charge is -2.14. The summed E-state index contributed by atoms with van der Waals surface area (Å²) in [5.41, 5.74) is 5.05. The van der Waals surface area contributed by atoms with Crippen molar-refractivity contribution in [3.8, 4) is 0 Å². The third-order valence-electron chi connectivity index (χ3n) is 2.16. The van der Waals surface area contributed by atoms with Gasteiger partial charge in [0.15, 0.2) is 0 Å². The van der Waals surface area contributed by atoms with Crippen LogP contribution in [0.5, 0.6) is 0 Å². The number of nitrogens with one attached hydrogen (secondary N) is 1. The fraction of sp³-hybridized carbons (Fsp3) is 0.200. The predicted molar refractivity (Wildman–Crippen MR) is 59.2 cm³/mol. The molecule has 0 bridgehead atoms. The number of benzene rings is 1. The molecule has 2 amide bonds. The number of nitro groups is 1. The van der Waals surface area contributed by atoms with Crippen LogP contribution in [0.2, 0.25) is 0 Å². The van der Waals surface area contributed by atoms with Gasteiger partial charge in [0.25, 0.3) is 5.69 Å². The minimum absolute atomic E-state index is 0.0756. The van der Waals surface area contributed by atoms with E-state index < -0.39 is 17.0 Å². The van der Waals surface area contributed by atoms with Crippen LogP contribution >= 0.6 is 0 Å². The van der Waals surface area contributed by atoms with Gasteiger partial charge in [-0.05, 0) is 0 Å². The second-order valence-corrected chi connectivity index (χ2v) is 3.28. The van der Waals surface area contributed by atoms with Crippen LogP contribution in [0.4, 0.5) is 10.5 Å². The molecule has 17 heavy (non-hydrogen) atoms. The highest BCUT2D eigenvalue weighted by atomic mass is 16.6. The zero-order valence-corrected chi connectivity index (χ0v) is 8.83. The van der Waals surface area contributed by atoms with Crippen LogP contribution in [-0.2, 0) is 4.79 Å². The Morgan fingerprint density at radius 3 is 2.71 bits per heavy atom. The van der Waals surface area contributed by atoms with Gasteiger partial charge in [-0.2, -0.15) is 0 Å². The molecule has 0 saturated carbocycles. The van der Waals surface area contributed by atoms with Gasteiger partial charge in [-0.1, -0.05) is 18.2 Å². The van der Waals surface area contributed by atoms with Crippen LogP contribution in [0.3, 0.4) is 0 Å². The summed E-state index contributed by atoms with van der Waals surface area (Å²) in [6.45, 7) is 0. The average Bonchev–Trinajstić information content (AvgIpc) is 2.28. The molecule has 7 heteroatoms. The number of hydrogen-bond acceptors (Lipinski definition) is 4. The molecule has 3 N–H and O–H groups in total. The standard InChI is InChI=1S/C10H11N3O4/c11-10(15)12-8(5-6-14)7-3-1-2-4-9(7)13(16)17/h1-4,6,8H,5H2,(H3,11,12,15). The lowest BCUT2D eigenvalue weighted by Crippen LogP contribution is -2.33. The summed E-state index contributed by atoms with van der Waals surface area (Å²) in [4.78, 5) is 31.5. The Morgan fingerprint density at radius 1 is 1.53 bits per heavy atom. The highest BCUT2D eigenvalue weighted by Gasteiger charge is 2.21. The Bertz CT molecular complexity index is 447. The van der Waals surface area contributed by atoms with Crippen LogP contribution in [-0.4, -0.2) is 17.2 Å². The molecule has 0 heterocycles. The summed E-state index contributed by atoms with van der Waals surface area (Å²) in [6, 6.07) is 4.24. The van der Waals surface area contributed by atoms with E-state index in [1.54, 1.807) is 6.07 Å². The van der Waals surface area contributed by atoms with E-state index in [1.807, 2.05) is 0 Å². The number of hydrogen-bond donors (Lipinski definition) is 2. The molecule has 1 atom stereocenters. The van der Waals surface area contributed by atoms with Crippen LogP contribution in [0.15, 0.2) is 24.3 Å². The molecule has 0 fully saturated rings. The molecule has 0 aliphatic carbocycles. The molecule has 90 valence electrons. The number of carbonyl (C=O) groups is 2. The van der Waals surface area contributed by atoms with Crippen molar-refractivity contribution in [2.24, 2.45) is 5.73 Å². The topological polar surface area (TPSA) is 115 Å². The monoisotopic (exact) mass is 237 g/mol. The number of nitrogens with two attached hydrogens (primary N) is 1. The molecule has 1 aromatic carbocycles. The van der Waals surface area contributed by atoms with Crippen molar-refractivity contribution in [1.82, 2.24) is 5.32 Å². The smallest absolute Gasteiger partial charge is 0.312 e. The fourth-order valence-corrected chi connectivity index (χ4v) is 1.48. The number of para-hydroxylation sites is 1. The number of amides is 2. The van der Waals surface area contributed by atoms with Gasteiger partial charge in [0, 0.05) is 12.5 Å². The molecule has 7 nitrogen and oxygen atoms in total. The minimum Gasteiger partial charge on any atom is -0.352 e. The van der Waals surface area contributed by atoms with Crippen LogP contribution < -0.4 is 11.1 Å². The molecular formula is C10H11N3O4. The van der Waals surface area contributed by atoms with Crippen LogP contribution in [0.25, 0.3) is 0 Å². The summed E-state index contributed by atoms with van der Waals surface area (Å²) in [5, 5.41) is 13.1. The van der Waals surface area contributed by atoms with Crippen LogP contribution in [0, 0.1) is 10.1 Å². The Balaban J connectivity index is 3.12. The lowest BCUT2D eigenvalue weighted by atomic mass is 10.0. The van der Waals surface area contributed by atoms with Crippen molar-refractivity contribution in [3.05, 3.63) is 39.9 Å². The molecule has 0 spiro atoms. The zero-order valence-electron chi connectivity index (χ0n) is 8.83. The van der Waals surface area contributed by atoms with Gasteiger partial charge < -0.3 is 15.8 Å². The van der Waals surface area contributed by atoms with E-state index in [0.29, 0.717) is 6.29 Å². The lowest BCUT2D eigenvalue weighted by molar-refractivity contribution is -0.385. The number of nitrogens with zero attached hydrogens (tertiary/aromatic N) is 1. The largest absolute Gasteiger partial charge is 0.352 e. The summed E-state index contributed by atoms with van der Waals surface area (Å²) in [6.07, 6.45) is 0.491. The second kappa shape index (κ2) is 5.59. The van der Waals surface area contributed by atoms with Crippen molar-refractivity contribution in [3.63, 3.8) is 0 Å². The van der Waals surface area contributed by atoms with E-state index in [9.17, 15) is 19.7 Å². The Morgan fingerprint density at radius 2 is 2.18 bits per heavy atom. The van der Waals surface area contributed by atoms with Gasteiger partial charge in [-0.25, -0.2) is 4.79 Å². The summed E-state index contributed by atoms with van der Waals surface area (Å²) in [7, 11) is 0. The van der Waals surface area contributed by atoms with Gasteiger partial charge in [-0.15, -0.1) is 0 Å². The SMILES string of the molecule is NC(=O)NC(CC=O)c1ccccc1[N+](=O)[O-]. The van der Waals surface area contributed by atoms with E-state index in [0.717, 1.165) is 0 Å². The Hall–Kier alpha value is -2.44. The Kier molecular flexibility index (Phi) is 4.15. The third-order valence-corrected chi connectivity index (χ3v) is 2.16. The second-order valence-electron chi connectivity index (χ2n) is 3.28. The van der Waals surface area contributed by atoms with Crippen molar-refractivity contribution in [1.29, 1.82) is 0 Å². The maximum absolute atomic E-state index is 10.8. The summed E-state index contributed by atoms with van der Waals surface area (Å²) in [5.74, 6) is 0. The van der Waals surface area contributed by atoms with Crippen molar-refractivity contribution in [2.75, 3.05) is 0 Å². The summed E-state index contributed by atoms with van der Waals surface area (Å²) < 4.78 is 0. The molecule has 0 aromatic heterocycles. The first kappa shape index (κ1) is 12.6. The van der Waals surface area contributed by atoms with E-state index in [1.165, 1.54) is 18.2 Å². The Labute approximate surface area is 96.8 Å². The number of nitro benzene ring substituents is 1. The first-order chi connectivity index (χ1) is 8.06. The number of primary amides is 1. The maximum atomic E-state index is 10.8. The van der Waals surface area contributed by atoms with Gasteiger partial charge >= 0.3 is 6.03 Å². The van der Waals surface area contributed by atoms with Gasteiger partial charge in [0.2, 0.25) is 0 Å². The molecular weight excluding hydrogens is 226 g/mol. The molecule has 0 radical (unpaired) electrons. The number of carbonyl (C=O) groups excluding carboxylic acids is 2. The minimum atomic E-state index is -0.838. The maximum Gasteiger partial charge on any atom is 0.312 e. The first-order valence-corrected chi connectivity index (χ1v) is 4.79. The molecule has 0 aliphatic heterocycles. The number of aldehydes is 1. The summed E-state index contributed by atoms with van der Waals surface area (Å²) >= 11 is 0. The predicted octanol–water partition coefficient (Wildman–Crippen LogP) is 0.893. The van der Waals surface area contributed by atoms with Crippen molar-refractivity contribution >= 4 is 18.0 Å². The highest BCUT2D eigenvalue weighted by Crippen LogP contribution is 2.26. The van der Waals surface area contributed by atoms with Crippen molar-refractivity contribution < 1.29 is 14.5 Å². The third kappa shape index (κ3) is 3.26. The van der Waals surface area contributed by atoms with Crippen LogP contribution in [0.1, 0.15) is 18.0 Å². The first-order valence-electron chi connectivity index (χ1n) is 4.79.